The molecule has 5 nitrogen and oxygen atoms in total. The van der Waals surface area contributed by atoms with Gasteiger partial charge in [-0.3, -0.25) is 4.79 Å². The third kappa shape index (κ3) is 2.26. The van der Waals surface area contributed by atoms with E-state index >= 15 is 0 Å². The second-order valence-corrected chi connectivity index (χ2v) is 6.92. The van der Waals surface area contributed by atoms with Gasteiger partial charge in [0.05, 0.1) is 4.90 Å². The number of hydrogen-bond acceptors (Lipinski definition) is 3. The molecule has 1 aromatic carbocycles. The van der Waals surface area contributed by atoms with Crippen LogP contribution in [0.25, 0.3) is 0 Å². The summed E-state index contributed by atoms with van der Waals surface area (Å²) < 4.78 is 22.3. The summed E-state index contributed by atoms with van der Waals surface area (Å²) in [5.74, 6) is 0.644. The van der Waals surface area contributed by atoms with E-state index in [-0.39, 0.29) is 10.8 Å². The fourth-order valence-electron chi connectivity index (χ4n) is 3.13. The molecule has 1 saturated heterocycles. The predicted molar refractivity (Wildman–Crippen MR) is 70.0 cm³/mol. The van der Waals surface area contributed by atoms with Crippen LogP contribution in [0.5, 0.6) is 0 Å². The van der Waals surface area contributed by atoms with Crippen molar-refractivity contribution < 1.29 is 13.2 Å². The van der Waals surface area contributed by atoms with Crippen molar-refractivity contribution in [2.75, 3.05) is 6.54 Å². The Hall–Kier alpha value is -1.40. The third-order valence-corrected chi connectivity index (χ3v) is 5.03. The van der Waals surface area contributed by atoms with Crippen molar-refractivity contribution in [3.8, 4) is 0 Å². The number of sulfonamides is 1. The molecule has 0 aromatic heterocycles. The SMILES string of the molecule is NS(=O)(=O)c1ccc(C(=O)N2C[C@H]3CC[C@H]2C3)cc1. The normalized spacial score (nSPS) is 25.8. The van der Waals surface area contributed by atoms with Gasteiger partial charge in [0.1, 0.15) is 0 Å². The first-order valence-electron chi connectivity index (χ1n) is 6.39. The van der Waals surface area contributed by atoms with Crippen LogP contribution in [-0.4, -0.2) is 31.8 Å². The van der Waals surface area contributed by atoms with Gasteiger partial charge in [-0.15, -0.1) is 0 Å². The van der Waals surface area contributed by atoms with Crippen LogP contribution in [0, 0.1) is 5.92 Å². The van der Waals surface area contributed by atoms with Crippen molar-refractivity contribution in [2.45, 2.75) is 30.2 Å². The molecule has 1 saturated carbocycles. The molecule has 1 aliphatic heterocycles. The van der Waals surface area contributed by atoms with E-state index < -0.39 is 10.0 Å². The number of carbonyl (C=O) groups is 1. The quantitative estimate of drug-likeness (QED) is 0.876. The Morgan fingerprint density at radius 1 is 1.21 bits per heavy atom. The number of amides is 1. The summed E-state index contributed by atoms with van der Waals surface area (Å²) in [5.41, 5.74) is 0.528. The number of primary sulfonamides is 1. The minimum Gasteiger partial charge on any atom is -0.335 e. The fourth-order valence-corrected chi connectivity index (χ4v) is 3.64. The number of likely N-dealkylation sites (tertiary alicyclic amines) is 1. The topological polar surface area (TPSA) is 80.5 Å². The number of benzene rings is 1. The number of nitrogens with two attached hydrogens (primary N) is 1. The van der Waals surface area contributed by atoms with Gasteiger partial charge in [-0.2, -0.15) is 0 Å². The molecule has 1 aliphatic carbocycles. The van der Waals surface area contributed by atoms with Gasteiger partial charge in [0, 0.05) is 18.2 Å². The van der Waals surface area contributed by atoms with Crippen LogP contribution in [0.1, 0.15) is 29.6 Å². The lowest BCUT2D eigenvalue weighted by molar-refractivity contribution is 0.0703. The molecular formula is C13H16N2O3S. The highest BCUT2D eigenvalue weighted by molar-refractivity contribution is 7.89. The molecule has 2 atom stereocenters. The lowest BCUT2D eigenvalue weighted by Gasteiger charge is -2.27. The van der Waals surface area contributed by atoms with E-state index in [0.29, 0.717) is 17.5 Å². The lowest BCUT2D eigenvalue weighted by Crippen LogP contribution is -2.37. The van der Waals surface area contributed by atoms with Gasteiger partial charge in [0.2, 0.25) is 10.0 Å². The van der Waals surface area contributed by atoms with Crippen LogP contribution in [0.15, 0.2) is 29.2 Å². The zero-order valence-electron chi connectivity index (χ0n) is 10.5. The van der Waals surface area contributed by atoms with E-state index in [1.807, 2.05) is 4.90 Å². The summed E-state index contributed by atoms with van der Waals surface area (Å²) in [4.78, 5) is 14.3. The number of carbonyl (C=O) groups excluding carboxylic acids is 1. The molecule has 1 heterocycles. The second-order valence-electron chi connectivity index (χ2n) is 5.36. The zero-order chi connectivity index (χ0) is 13.6. The summed E-state index contributed by atoms with van der Waals surface area (Å²) in [6.07, 6.45) is 3.42. The zero-order valence-corrected chi connectivity index (χ0v) is 11.3. The summed E-state index contributed by atoms with van der Waals surface area (Å²) in [7, 11) is -3.70. The summed E-state index contributed by atoms with van der Waals surface area (Å²) >= 11 is 0. The largest absolute Gasteiger partial charge is 0.335 e. The average molecular weight is 280 g/mol. The van der Waals surface area contributed by atoms with Gasteiger partial charge < -0.3 is 4.90 Å². The fraction of sp³-hybridized carbons (Fsp3) is 0.462. The highest BCUT2D eigenvalue weighted by atomic mass is 32.2. The van der Waals surface area contributed by atoms with Crippen LogP contribution < -0.4 is 5.14 Å². The lowest BCUT2D eigenvalue weighted by atomic mass is 10.1. The first-order chi connectivity index (χ1) is 8.95. The highest BCUT2D eigenvalue weighted by Gasteiger charge is 2.40. The smallest absolute Gasteiger partial charge is 0.254 e. The van der Waals surface area contributed by atoms with Crippen molar-refractivity contribution in [2.24, 2.45) is 11.1 Å². The molecule has 0 spiro atoms. The first-order valence-corrected chi connectivity index (χ1v) is 7.93. The number of hydrogen-bond donors (Lipinski definition) is 1. The predicted octanol–water partition coefficient (Wildman–Crippen LogP) is 0.958. The standard InChI is InChI=1S/C13H16N2O3S/c14-19(17,18)12-5-2-10(3-6-12)13(16)15-8-9-1-4-11(15)7-9/h2-3,5-6,9,11H,1,4,7-8H2,(H2,14,17,18)/t9-,11-/m0/s1. The van der Waals surface area contributed by atoms with E-state index in [1.54, 1.807) is 0 Å². The molecule has 6 heteroatoms. The van der Waals surface area contributed by atoms with Crippen LogP contribution >= 0.6 is 0 Å². The van der Waals surface area contributed by atoms with Crippen LogP contribution in [-0.2, 0) is 10.0 Å². The van der Waals surface area contributed by atoms with E-state index in [0.717, 1.165) is 19.4 Å². The van der Waals surface area contributed by atoms with Gasteiger partial charge in [-0.1, -0.05) is 0 Å². The molecule has 2 bridgehead atoms. The Morgan fingerprint density at radius 3 is 2.37 bits per heavy atom. The average Bonchev–Trinajstić information content (AvgIpc) is 2.99. The van der Waals surface area contributed by atoms with E-state index in [9.17, 15) is 13.2 Å². The highest BCUT2D eigenvalue weighted by Crippen LogP contribution is 2.38. The van der Waals surface area contributed by atoms with Gasteiger partial charge in [-0.25, -0.2) is 13.6 Å². The molecule has 19 heavy (non-hydrogen) atoms. The van der Waals surface area contributed by atoms with E-state index in [1.165, 1.54) is 30.7 Å². The molecule has 2 aliphatic rings. The maximum absolute atomic E-state index is 12.3. The summed E-state index contributed by atoms with van der Waals surface area (Å²) in [6.45, 7) is 0.834. The second kappa shape index (κ2) is 4.31. The monoisotopic (exact) mass is 280 g/mol. The van der Waals surface area contributed by atoms with Crippen molar-refractivity contribution in [1.29, 1.82) is 0 Å². The van der Waals surface area contributed by atoms with E-state index in [4.69, 9.17) is 5.14 Å². The minimum absolute atomic E-state index is 0.00632. The third-order valence-electron chi connectivity index (χ3n) is 4.10. The molecular weight excluding hydrogens is 264 g/mol. The molecule has 1 aromatic rings. The van der Waals surface area contributed by atoms with Crippen LogP contribution in [0.2, 0.25) is 0 Å². The van der Waals surface area contributed by atoms with Crippen molar-refractivity contribution in [1.82, 2.24) is 4.90 Å². The number of nitrogens with zero attached hydrogens (tertiary/aromatic N) is 1. The Balaban J connectivity index is 1.81. The van der Waals surface area contributed by atoms with E-state index in [2.05, 4.69) is 0 Å². The Kier molecular flexibility index (Phi) is 2.87. The van der Waals surface area contributed by atoms with Gasteiger partial charge >= 0.3 is 0 Å². The summed E-state index contributed by atoms with van der Waals surface area (Å²) in [5, 5.41) is 5.03. The van der Waals surface area contributed by atoms with Crippen LogP contribution in [0.4, 0.5) is 0 Å². The number of piperidine rings is 1. The van der Waals surface area contributed by atoms with Crippen molar-refractivity contribution in [3.05, 3.63) is 29.8 Å². The maximum atomic E-state index is 12.3. The number of rotatable bonds is 2. The van der Waals surface area contributed by atoms with Crippen molar-refractivity contribution >= 4 is 15.9 Å². The maximum Gasteiger partial charge on any atom is 0.254 e. The van der Waals surface area contributed by atoms with Gasteiger partial charge in [0.25, 0.3) is 5.91 Å². The summed E-state index contributed by atoms with van der Waals surface area (Å²) in [6, 6.07) is 6.21. The Labute approximate surface area is 112 Å². The first kappa shape index (κ1) is 12.6. The molecule has 2 fully saturated rings. The molecule has 3 rings (SSSR count). The Morgan fingerprint density at radius 2 is 1.89 bits per heavy atom. The molecule has 0 radical (unpaired) electrons. The Bertz CT molecular complexity index is 609. The molecule has 0 unspecified atom stereocenters. The van der Waals surface area contributed by atoms with Crippen LogP contribution in [0.3, 0.4) is 0 Å². The van der Waals surface area contributed by atoms with Crippen molar-refractivity contribution in [3.63, 3.8) is 0 Å². The molecule has 1 amide bonds. The molecule has 102 valence electrons. The van der Waals surface area contributed by atoms with Gasteiger partial charge in [0.15, 0.2) is 0 Å². The molecule has 2 N–H and O–H groups in total. The van der Waals surface area contributed by atoms with Gasteiger partial charge in [-0.05, 0) is 49.4 Å². The number of fused-ring (bicyclic) bond motifs is 2. The minimum atomic E-state index is -3.70.